The summed E-state index contributed by atoms with van der Waals surface area (Å²) in [5.41, 5.74) is 8.78. The van der Waals surface area contributed by atoms with Gasteiger partial charge >= 0.3 is 0 Å². The Labute approximate surface area is 116 Å². The first-order chi connectivity index (χ1) is 8.66. The van der Waals surface area contributed by atoms with Crippen molar-refractivity contribution in [2.24, 2.45) is 0 Å². The van der Waals surface area contributed by atoms with E-state index in [1.165, 1.54) is 5.56 Å². The van der Waals surface area contributed by atoms with Crippen molar-refractivity contribution in [3.05, 3.63) is 52.8 Å². The molecule has 2 rings (SSSR count). The number of pyridine rings is 1. The molecule has 2 aromatic rings. The Hall–Kier alpha value is -1.55. The molecule has 1 unspecified atom stereocenters. The van der Waals surface area contributed by atoms with Crippen molar-refractivity contribution in [3.8, 4) is 0 Å². The fraction of sp³-hybridized carbons (Fsp3) is 0.214. The van der Waals surface area contributed by atoms with E-state index in [4.69, 9.17) is 5.73 Å². The third-order valence-electron chi connectivity index (χ3n) is 2.70. The van der Waals surface area contributed by atoms with Gasteiger partial charge in [0.1, 0.15) is 0 Å². The molecule has 1 atom stereocenters. The van der Waals surface area contributed by atoms with Crippen LogP contribution in [0.4, 0.5) is 11.4 Å². The average molecular weight is 306 g/mol. The van der Waals surface area contributed by atoms with Crippen LogP contribution in [0.15, 0.2) is 47.2 Å². The van der Waals surface area contributed by atoms with Crippen molar-refractivity contribution < 1.29 is 0 Å². The number of anilines is 2. The first-order valence-electron chi connectivity index (χ1n) is 5.86. The number of nitrogens with zero attached hydrogens (tertiary/aromatic N) is 1. The summed E-state index contributed by atoms with van der Waals surface area (Å²) >= 11 is 3.46. The molecule has 0 amide bonds. The predicted molar refractivity (Wildman–Crippen MR) is 79.6 cm³/mol. The zero-order valence-corrected chi connectivity index (χ0v) is 11.8. The molecule has 0 aliphatic heterocycles. The molecule has 0 spiro atoms. The van der Waals surface area contributed by atoms with Crippen LogP contribution < -0.4 is 11.1 Å². The zero-order valence-electron chi connectivity index (χ0n) is 10.2. The molecule has 0 radical (unpaired) electrons. The second-order valence-electron chi connectivity index (χ2n) is 4.32. The standard InChI is InChI=1S/C14H16BrN3/c1-10(7-11-5-3-2-4-6-11)18-14-12(15)8-17-9-13(14)16/h2-6,8-10H,7,16H2,1H3,(H,17,18). The number of hydrogen-bond acceptors (Lipinski definition) is 3. The Morgan fingerprint density at radius 2 is 2.00 bits per heavy atom. The minimum atomic E-state index is 0.299. The number of nitrogens with two attached hydrogens (primary N) is 1. The molecule has 4 heteroatoms. The van der Waals surface area contributed by atoms with Crippen LogP contribution >= 0.6 is 15.9 Å². The van der Waals surface area contributed by atoms with Crippen molar-refractivity contribution in [3.63, 3.8) is 0 Å². The lowest BCUT2D eigenvalue weighted by Crippen LogP contribution is -2.19. The number of benzene rings is 1. The third kappa shape index (κ3) is 3.23. The molecule has 18 heavy (non-hydrogen) atoms. The Balaban J connectivity index is 2.06. The van der Waals surface area contributed by atoms with Gasteiger partial charge < -0.3 is 11.1 Å². The molecule has 0 saturated heterocycles. The maximum Gasteiger partial charge on any atom is 0.0752 e. The zero-order chi connectivity index (χ0) is 13.0. The summed E-state index contributed by atoms with van der Waals surface area (Å²) in [7, 11) is 0. The van der Waals surface area contributed by atoms with E-state index in [2.05, 4.69) is 57.4 Å². The van der Waals surface area contributed by atoms with Crippen LogP contribution in [0.3, 0.4) is 0 Å². The van der Waals surface area contributed by atoms with E-state index < -0.39 is 0 Å². The van der Waals surface area contributed by atoms with Gasteiger partial charge in [-0.3, -0.25) is 4.98 Å². The summed E-state index contributed by atoms with van der Waals surface area (Å²) in [5, 5.41) is 3.42. The first-order valence-corrected chi connectivity index (χ1v) is 6.65. The Kier molecular flexibility index (Phi) is 4.20. The van der Waals surface area contributed by atoms with Gasteiger partial charge in [0, 0.05) is 12.2 Å². The van der Waals surface area contributed by atoms with Crippen molar-refractivity contribution in [2.45, 2.75) is 19.4 Å². The molecule has 0 fully saturated rings. The quantitative estimate of drug-likeness (QED) is 0.909. The second-order valence-corrected chi connectivity index (χ2v) is 5.17. The van der Waals surface area contributed by atoms with E-state index in [0.717, 1.165) is 16.6 Å². The fourth-order valence-electron chi connectivity index (χ4n) is 1.87. The molecule has 94 valence electrons. The van der Waals surface area contributed by atoms with E-state index in [9.17, 15) is 0 Å². The Morgan fingerprint density at radius 1 is 1.28 bits per heavy atom. The maximum atomic E-state index is 5.91. The molecule has 1 aromatic carbocycles. The predicted octanol–water partition coefficient (Wildman–Crippen LogP) is 3.47. The van der Waals surface area contributed by atoms with Crippen LogP contribution in [0.2, 0.25) is 0 Å². The van der Waals surface area contributed by atoms with E-state index in [-0.39, 0.29) is 0 Å². The molecule has 3 nitrogen and oxygen atoms in total. The minimum Gasteiger partial charge on any atom is -0.396 e. The monoisotopic (exact) mass is 305 g/mol. The molecular weight excluding hydrogens is 290 g/mol. The van der Waals surface area contributed by atoms with E-state index >= 15 is 0 Å². The Morgan fingerprint density at radius 3 is 2.67 bits per heavy atom. The summed E-state index contributed by atoms with van der Waals surface area (Å²) in [6.07, 6.45) is 4.35. The minimum absolute atomic E-state index is 0.299. The average Bonchev–Trinajstić information content (AvgIpc) is 2.35. The summed E-state index contributed by atoms with van der Waals surface area (Å²) in [5.74, 6) is 0. The molecule has 1 heterocycles. The smallest absolute Gasteiger partial charge is 0.0752 e. The number of nitrogens with one attached hydrogen (secondary N) is 1. The van der Waals surface area contributed by atoms with Crippen LogP contribution in [0.1, 0.15) is 12.5 Å². The molecular formula is C14H16BrN3. The van der Waals surface area contributed by atoms with Gasteiger partial charge in [-0.05, 0) is 34.8 Å². The summed E-state index contributed by atoms with van der Waals surface area (Å²) < 4.78 is 0.891. The van der Waals surface area contributed by atoms with E-state index in [1.54, 1.807) is 12.4 Å². The number of nitrogen functional groups attached to an aromatic ring is 1. The van der Waals surface area contributed by atoms with Gasteiger partial charge in [0.25, 0.3) is 0 Å². The van der Waals surface area contributed by atoms with Crippen LogP contribution in [-0.4, -0.2) is 11.0 Å². The van der Waals surface area contributed by atoms with Gasteiger partial charge in [0.2, 0.25) is 0 Å². The van der Waals surface area contributed by atoms with Crippen LogP contribution in [-0.2, 0) is 6.42 Å². The number of hydrogen-bond donors (Lipinski definition) is 2. The highest BCUT2D eigenvalue weighted by Crippen LogP contribution is 2.27. The molecule has 0 saturated carbocycles. The highest BCUT2D eigenvalue weighted by atomic mass is 79.9. The van der Waals surface area contributed by atoms with Gasteiger partial charge in [0.15, 0.2) is 0 Å². The van der Waals surface area contributed by atoms with Gasteiger partial charge in [0.05, 0.1) is 22.0 Å². The third-order valence-corrected chi connectivity index (χ3v) is 3.31. The van der Waals surface area contributed by atoms with Crippen LogP contribution in [0.5, 0.6) is 0 Å². The SMILES string of the molecule is CC(Cc1ccccc1)Nc1c(N)cncc1Br. The van der Waals surface area contributed by atoms with E-state index in [0.29, 0.717) is 11.7 Å². The van der Waals surface area contributed by atoms with Crippen molar-refractivity contribution in [1.82, 2.24) is 4.98 Å². The van der Waals surface area contributed by atoms with Crippen LogP contribution in [0.25, 0.3) is 0 Å². The summed E-state index contributed by atoms with van der Waals surface area (Å²) in [6.45, 7) is 2.14. The number of halogens is 1. The highest BCUT2D eigenvalue weighted by molar-refractivity contribution is 9.10. The Bertz CT molecular complexity index is 493. The largest absolute Gasteiger partial charge is 0.396 e. The van der Waals surface area contributed by atoms with E-state index in [1.807, 2.05) is 6.07 Å². The maximum absolute atomic E-state index is 5.91. The summed E-state index contributed by atoms with van der Waals surface area (Å²) in [6, 6.07) is 10.7. The van der Waals surface area contributed by atoms with Gasteiger partial charge in [-0.2, -0.15) is 0 Å². The van der Waals surface area contributed by atoms with Crippen molar-refractivity contribution >= 4 is 27.3 Å². The molecule has 0 aliphatic carbocycles. The lowest BCUT2D eigenvalue weighted by atomic mass is 10.1. The molecule has 0 bridgehead atoms. The van der Waals surface area contributed by atoms with Crippen LogP contribution in [0, 0.1) is 0 Å². The molecule has 1 aromatic heterocycles. The first kappa shape index (κ1) is 12.9. The number of aromatic nitrogens is 1. The van der Waals surface area contributed by atoms with Gasteiger partial charge in [-0.25, -0.2) is 0 Å². The van der Waals surface area contributed by atoms with Crippen molar-refractivity contribution in [2.75, 3.05) is 11.1 Å². The molecule has 3 N–H and O–H groups in total. The highest BCUT2D eigenvalue weighted by Gasteiger charge is 2.09. The van der Waals surface area contributed by atoms with Gasteiger partial charge in [-0.15, -0.1) is 0 Å². The fourth-order valence-corrected chi connectivity index (χ4v) is 2.33. The summed E-state index contributed by atoms with van der Waals surface area (Å²) in [4.78, 5) is 4.02. The topological polar surface area (TPSA) is 50.9 Å². The van der Waals surface area contributed by atoms with Gasteiger partial charge in [-0.1, -0.05) is 30.3 Å². The van der Waals surface area contributed by atoms with Crippen molar-refractivity contribution in [1.29, 1.82) is 0 Å². The normalized spacial score (nSPS) is 12.1. The molecule has 0 aliphatic rings. The number of rotatable bonds is 4. The lowest BCUT2D eigenvalue weighted by molar-refractivity contribution is 0.790. The second kappa shape index (κ2) is 5.87. The lowest BCUT2D eigenvalue weighted by Gasteiger charge is -2.17.